The largest absolute Gasteiger partial charge is 0.493 e. The Hall–Kier alpha value is -2.69. The normalized spacial score (nSPS) is 10.5. The Morgan fingerprint density at radius 1 is 1.00 bits per heavy atom. The van der Waals surface area contributed by atoms with Crippen LogP contribution in [0.15, 0.2) is 36.4 Å². The van der Waals surface area contributed by atoms with Crippen molar-refractivity contribution in [2.24, 2.45) is 0 Å². The second-order valence-electron chi connectivity index (χ2n) is 6.09. The van der Waals surface area contributed by atoms with E-state index < -0.39 is 0 Å². The van der Waals surface area contributed by atoms with E-state index in [2.05, 4.69) is 25.2 Å². The Kier molecular flexibility index (Phi) is 6.28. The molecule has 0 aliphatic carbocycles. The average molecular weight is 343 g/mol. The molecular formula is C20H25NO4. The van der Waals surface area contributed by atoms with Crippen molar-refractivity contribution >= 4 is 11.6 Å². The van der Waals surface area contributed by atoms with Gasteiger partial charge in [-0.2, -0.15) is 0 Å². The zero-order chi connectivity index (χ0) is 18.4. The molecule has 2 aromatic rings. The number of amides is 1. The van der Waals surface area contributed by atoms with Crippen LogP contribution in [0.4, 0.5) is 5.69 Å². The van der Waals surface area contributed by atoms with Gasteiger partial charge in [-0.15, -0.1) is 0 Å². The smallest absolute Gasteiger partial charge is 0.262 e. The van der Waals surface area contributed by atoms with Crippen molar-refractivity contribution in [3.63, 3.8) is 0 Å². The number of rotatable bonds is 7. The van der Waals surface area contributed by atoms with E-state index in [9.17, 15) is 4.79 Å². The molecule has 0 unspecified atom stereocenters. The van der Waals surface area contributed by atoms with Gasteiger partial charge in [0.05, 0.1) is 14.2 Å². The molecule has 0 aromatic heterocycles. The highest BCUT2D eigenvalue weighted by Gasteiger charge is 2.10. The first-order valence-corrected chi connectivity index (χ1v) is 8.19. The summed E-state index contributed by atoms with van der Waals surface area (Å²) in [6.07, 6.45) is 0. The van der Waals surface area contributed by atoms with Crippen LogP contribution in [0, 0.1) is 6.92 Å². The number of benzene rings is 2. The van der Waals surface area contributed by atoms with Gasteiger partial charge in [-0.1, -0.05) is 26.0 Å². The molecule has 0 aliphatic rings. The van der Waals surface area contributed by atoms with E-state index in [1.807, 2.05) is 19.1 Å². The summed E-state index contributed by atoms with van der Waals surface area (Å²) in [5.41, 5.74) is 2.81. The first-order chi connectivity index (χ1) is 11.9. The summed E-state index contributed by atoms with van der Waals surface area (Å²) in [5, 5.41) is 2.80. The first-order valence-electron chi connectivity index (χ1n) is 8.19. The minimum absolute atomic E-state index is 0.0588. The molecule has 0 spiro atoms. The standard InChI is InChI=1S/C20H25NO4/c1-13(2)15-7-6-14(3)18(10-15)25-12-20(22)21-16-8-9-17(23-4)19(11-16)24-5/h6-11,13H,12H2,1-5H3,(H,21,22). The Morgan fingerprint density at radius 3 is 2.36 bits per heavy atom. The molecule has 134 valence electrons. The molecule has 2 aromatic carbocycles. The predicted octanol–water partition coefficient (Wildman–Crippen LogP) is 4.15. The molecule has 25 heavy (non-hydrogen) atoms. The van der Waals surface area contributed by atoms with Crippen molar-refractivity contribution in [3.8, 4) is 17.2 Å². The predicted molar refractivity (Wildman–Crippen MR) is 98.9 cm³/mol. The Morgan fingerprint density at radius 2 is 1.72 bits per heavy atom. The fraction of sp³-hybridized carbons (Fsp3) is 0.350. The van der Waals surface area contributed by atoms with E-state index in [-0.39, 0.29) is 12.5 Å². The fourth-order valence-corrected chi connectivity index (χ4v) is 2.39. The molecule has 0 aliphatic heterocycles. The first kappa shape index (κ1) is 18.6. The average Bonchev–Trinajstić information content (AvgIpc) is 2.60. The summed E-state index contributed by atoms with van der Waals surface area (Å²) in [6.45, 7) is 6.15. The van der Waals surface area contributed by atoms with E-state index >= 15 is 0 Å². The van der Waals surface area contributed by atoms with Gasteiger partial charge in [0.25, 0.3) is 5.91 Å². The molecule has 0 saturated heterocycles. The molecule has 0 bridgehead atoms. The van der Waals surface area contributed by atoms with Crippen molar-refractivity contribution < 1.29 is 19.0 Å². The second-order valence-corrected chi connectivity index (χ2v) is 6.09. The number of carbonyl (C=O) groups excluding carboxylic acids is 1. The molecule has 2 rings (SSSR count). The Labute approximate surface area is 148 Å². The van der Waals surface area contributed by atoms with Crippen LogP contribution >= 0.6 is 0 Å². The van der Waals surface area contributed by atoms with E-state index in [4.69, 9.17) is 14.2 Å². The van der Waals surface area contributed by atoms with Crippen molar-refractivity contribution in [2.45, 2.75) is 26.7 Å². The van der Waals surface area contributed by atoms with E-state index in [0.29, 0.717) is 23.1 Å². The monoisotopic (exact) mass is 343 g/mol. The summed E-state index contributed by atoms with van der Waals surface area (Å²) in [4.78, 5) is 12.2. The minimum Gasteiger partial charge on any atom is -0.493 e. The van der Waals surface area contributed by atoms with Crippen molar-refractivity contribution in [2.75, 3.05) is 26.1 Å². The van der Waals surface area contributed by atoms with Crippen LogP contribution in [0.25, 0.3) is 0 Å². The highest BCUT2D eigenvalue weighted by atomic mass is 16.5. The van der Waals surface area contributed by atoms with Gasteiger partial charge in [0.1, 0.15) is 5.75 Å². The van der Waals surface area contributed by atoms with Gasteiger partial charge < -0.3 is 19.5 Å². The SMILES string of the molecule is COc1ccc(NC(=O)COc2cc(C(C)C)ccc2C)cc1OC. The molecule has 0 atom stereocenters. The zero-order valence-corrected chi connectivity index (χ0v) is 15.4. The summed E-state index contributed by atoms with van der Waals surface area (Å²) in [7, 11) is 3.12. The minimum atomic E-state index is -0.235. The van der Waals surface area contributed by atoms with Crippen LogP contribution < -0.4 is 19.5 Å². The molecule has 1 amide bonds. The molecule has 0 radical (unpaired) electrons. The Balaban J connectivity index is 2.00. The quantitative estimate of drug-likeness (QED) is 0.820. The molecular weight excluding hydrogens is 318 g/mol. The highest BCUT2D eigenvalue weighted by molar-refractivity contribution is 5.92. The molecule has 0 heterocycles. The summed E-state index contributed by atoms with van der Waals surface area (Å²) in [6, 6.07) is 11.3. The van der Waals surface area contributed by atoms with E-state index in [0.717, 1.165) is 11.3 Å². The van der Waals surface area contributed by atoms with Crippen molar-refractivity contribution in [1.82, 2.24) is 0 Å². The molecule has 0 saturated carbocycles. The molecule has 1 N–H and O–H groups in total. The number of hydrogen-bond acceptors (Lipinski definition) is 4. The van der Waals surface area contributed by atoms with Crippen LogP contribution in [0.2, 0.25) is 0 Å². The number of methoxy groups -OCH3 is 2. The van der Waals surface area contributed by atoms with Gasteiger partial charge >= 0.3 is 0 Å². The maximum Gasteiger partial charge on any atom is 0.262 e. The van der Waals surface area contributed by atoms with Gasteiger partial charge in [0, 0.05) is 11.8 Å². The van der Waals surface area contributed by atoms with Crippen LogP contribution in [0.5, 0.6) is 17.2 Å². The molecule has 0 fully saturated rings. The summed E-state index contributed by atoms with van der Waals surface area (Å²) in [5.74, 6) is 2.07. The number of aryl methyl sites for hydroxylation is 1. The fourth-order valence-electron chi connectivity index (χ4n) is 2.39. The summed E-state index contributed by atoms with van der Waals surface area (Å²) >= 11 is 0. The van der Waals surface area contributed by atoms with Gasteiger partial charge in [-0.3, -0.25) is 4.79 Å². The van der Waals surface area contributed by atoms with E-state index in [1.54, 1.807) is 32.4 Å². The maximum atomic E-state index is 12.2. The Bertz CT molecular complexity index is 740. The highest BCUT2D eigenvalue weighted by Crippen LogP contribution is 2.29. The number of ether oxygens (including phenoxy) is 3. The third kappa shape index (κ3) is 4.89. The van der Waals surface area contributed by atoms with Crippen LogP contribution in [0.1, 0.15) is 30.9 Å². The number of anilines is 1. The third-order valence-corrected chi connectivity index (χ3v) is 3.90. The second kappa shape index (κ2) is 8.42. The zero-order valence-electron chi connectivity index (χ0n) is 15.4. The number of hydrogen-bond donors (Lipinski definition) is 1. The number of carbonyl (C=O) groups is 1. The van der Waals surface area contributed by atoms with Gasteiger partial charge in [0.15, 0.2) is 18.1 Å². The molecule has 5 nitrogen and oxygen atoms in total. The van der Waals surface area contributed by atoms with Crippen LogP contribution in [-0.4, -0.2) is 26.7 Å². The summed E-state index contributed by atoms with van der Waals surface area (Å²) < 4.78 is 16.1. The van der Waals surface area contributed by atoms with Crippen molar-refractivity contribution in [1.29, 1.82) is 0 Å². The lowest BCUT2D eigenvalue weighted by molar-refractivity contribution is -0.118. The topological polar surface area (TPSA) is 56.8 Å². The lowest BCUT2D eigenvalue weighted by Crippen LogP contribution is -2.20. The van der Waals surface area contributed by atoms with Gasteiger partial charge in [-0.05, 0) is 42.2 Å². The van der Waals surface area contributed by atoms with Crippen LogP contribution in [0.3, 0.4) is 0 Å². The van der Waals surface area contributed by atoms with E-state index in [1.165, 1.54) is 5.56 Å². The lowest BCUT2D eigenvalue weighted by atomic mass is 10.0. The van der Waals surface area contributed by atoms with Gasteiger partial charge in [0.2, 0.25) is 0 Å². The lowest BCUT2D eigenvalue weighted by Gasteiger charge is -2.13. The maximum absolute atomic E-state index is 12.2. The molecule has 5 heteroatoms. The van der Waals surface area contributed by atoms with Crippen molar-refractivity contribution in [3.05, 3.63) is 47.5 Å². The third-order valence-electron chi connectivity index (χ3n) is 3.90. The number of nitrogens with one attached hydrogen (secondary N) is 1. The van der Waals surface area contributed by atoms with Crippen LogP contribution in [-0.2, 0) is 4.79 Å². The van der Waals surface area contributed by atoms with Gasteiger partial charge in [-0.25, -0.2) is 0 Å².